The van der Waals surface area contributed by atoms with Gasteiger partial charge < -0.3 is 24.4 Å². The molecule has 1 aliphatic rings. The Bertz CT molecular complexity index is 721. The standard InChI is InChI=1S/C20H25N3O3/c1-21-20(23(2)12-13-24-16-8-4-3-5-9-16)22-14-17-15-25-18-10-6-7-11-19(18)26-17/h3-11,17H,12-15H2,1-2H3,(H,21,22). The Kier molecular flexibility index (Phi) is 6.19. The summed E-state index contributed by atoms with van der Waals surface area (Å²) in [6, 6.07) is 17.5. The first-order valence-electron chi connectivity index (χ1n) is 8.74. The number of benzene rings is 2. The van der Waals surface area contributed by atoms with E-state index < -0.39 is 0 Å². The normalized spacial score (nSPS) is 16.1. The maximum atomic E-state index is 5.96. The van der Waals surface area contributed by atoms with Crippen LogP contribution in [-0.4, -0.2) is 57.4 Å². The first-order valence-corrected chi connectivity index (χ1v) is 8.74. The number of hydrogen-bond donors (Lipinski definition) is 1. The molecule has 0 amide bonds. The van der Waals surface area contributed by atoms with Crippen LogP contribution in [0.2, 0.25) is 0 Å². The SMILES string of the molecule is CN=C(NCC1COc2ccccc2O1)N(C)CCOc1ccccc1. The van der Waals surface area contributed by atoms with Crippen LogP contribution in [0.5, 0.6) is 17.2 Å². The maximum Gasteiger partial charge on any atom is 0.193 e. The number of nitrogens with one attached hydrogen (secondary N) is 1. The van der Waals surface area contributed by atoms with Gasteiger partial charge >= 0.3 is 0 Å². The highest BCUT2D eigenvalue weighted by molar-refractivity contribution is 5.79. The highest BCUT2D eigenvalue weighted by Crippen LogP contribution is 2.30. The van der Waals surface area contributed by atoms with E-state index in [-0.39, 0.29) is 6.10 Å². The van der Waals surface area contributed by atoms with E-state index in [2.05, 4.69) is 10.3 Å². The molecular weight excluding hydrogens is 330 g/mol. The summed E-state index contributed by atoms with van der Waals surface area (Å²) in [6.45, 7) is 2.43. The van der Waals surface area contributed by atoms with Gasteiger partial charge in [0, 0.05) is 14.1 Å². The van der Waals surface area contributed by atoms with Gasteiger partial charge in [-0.15, -0.1) is 0 Å². The van der Waals surface area contributed by atoms with Crippen LogP contribution in [0.4, 0.5) is 0 Å². The van der Waals surface area contributed by atoms with Gasteiger partial charge in [-0.05, 0) is 24.3 Å². The number of para-hydroxylation sites is 3. The molecule has 1 aliphatic heterocycles. The molecule has 2 aromatic rings. The minimum absolute atomic E-state index is 0.0596. The average Bonchev–Trinajstić information content (AvgIpc) is 2.69. The van der Waals surface area contributed by atoms with E-state index in [1.165, 1.54) is 0 Å². The summed E-state index contributed by atoms with van der Waals surface area (Å²) in [6.07, 6.45) is -0.0596. The van der Waals surface area contributed by atoms with E-state index in [0.29, 0.717) is 19.8 Å². The molecule has 6 nitrogen and oxygen atoms in total. The zero-order valence-electron chi connectivity index (χ0n) is 15.2. The lowest BCUT2D eigenvalue weighted by Gasteiger charge is -2.28. The Morgan fingerprint density at radius 3 is 2.65 bits per heavy atom. The van der Waals surface area contributed by atoms with Crippen LogP contribution in [0, 0.1) is 0 Å². The summed E-state index contributed by atoms with van der Waals surface area (Å²) >= 11 is 0. The lowest BCUT2D eigenvalue weighted by Crippen LogP contribution is -2.46. The van der Waals surface area contributed by atoms with Crippen LogP contribution in [0.1, 0.15) is 0 Å². The molecule has 0 radical (unpaired) electrons. The van der Waals surface area contributed by atoms with Crippen LogP contribution >= 0.6 is 0 Å². The van der Waals surface area contributed by atoms with Crippen molar-refractivity contribution in [2.24, 2.45) is 4.99 Å². The van der Waals surface area contributed by atoms with Gasteiger partial charge in [-0.2, -0.15) is 0 Å². The fourth-order valence-corrected chi connectivity index (χ4v) is 2.68. The van der Waals surface area contributed by atoms with Gasteiger partial charge in [-0.1, -0.05) is 30.3 Å². The van der Waals surface area contributed by atoms with E-state index in [0.717, 1.165) is 29.8 Å². The van der Waals surface area contributed by atoms with Crippen molar-refractivity contribution in [3.8, 4) is 17.2 Å². The third-order valence-corrected chi connectivity index (χ3v) is 4.07. The number of nitrogens with zero attached hydrogens (tertiary/aromatic N) is 2. The van der Waals surface area contributed by atoms with Crippen molar-refractivity contribution in [1.82, 2.24) is 10.2 Å². The number of ether oxygens (including phenoxy) is 3. The summed E-state index contributed by atoms with van der Waals surface area (Å²) in [7, 11) is 3.75. The van der Waals surface area contributed by atoms with E-state index in [4.69, 9.17) is 14.2 Å². The zero-order chi connectivity index (χ0) is 18.2. The summed E-state index contributed by atoms with van der Waals surface area (Å²) in [5, 5.41) is 3.33. The van der Waals surface area contributed by atoms with Crippen molar-refractivity contribution in [1.29, 1.82) is 0 Å². The van der Waals surface area contributed by atoms with Gasteiger partial charge in [-0.25, -0.2) is 0 Å². The van der Waals surface area contributed by atoms with Crippen molar-refractivity contribution in [3.63, 3.8) is 0 Å². The average molecular weight is 355 g/mol. The molecule has 1 unspecified atom stereocenters. The van der Waals surface area contributed by atoms with Crippen LogP contribution in [0.15, 0.2) is 59.6 Å². The second kappa shape index (κ2) is 8.99. The number of likely N-dealkylation sites (N-methyl/N-ethyl adjacent to an activating group) is 1. The second-order valence-electron chi connectivity index (χ2n) is 6.01. The van der Waals surface area contributed by atoms with Crippen molar-refractivity contribution < 1.29 is 14.2 Å². The summed E-state index contributed by atoms with van der Waals surface area (Å²) in [5.74, 6) is 3.24. The first-order chi connectivity index (χ1) is 12.8. The van der Waals surface area contributed by atoms with Crippen LogP contribution in [0.25, 0.3) is 0 Å². The predicted molar refractivity (Wildman–Crippen MR) is 102 cm³/mol. The molecule has 2 aromatic carbocycles. The third-order valence-electron chi connectivity index (χ3n) is 4.07. The maximum absolute atomic E-state index is 5.96. The number of rotatable bonds is 6. The molecule has 6 heteroatoms. The summed E-state index contributed by atoms with van der Waals surface area (Å²) < 4.78 is 17.4. The van der Waals surface area contributed by atoms with Crippen molar-refractivity contribution in [2.45, 2.75) is 6.10 Å². The fourth-order valence-electron chi connectivity index (χ4n) is 2.68. The monoisotopic (exact) mass is 355 g/mol. The summed E-state index contributed by atoms with van der Waals surface area (Å²) in [5.41, 5.74) is 0. The van der Waals surface area contributed by atoms with Gasteiger partial charge in [0.1, 0.15) is 25.1 Å². The van der Waals surface area contributed by atoms with E-state index in [1.54, 1.807) is 7.05 Å². The zero-order valence-corrected chi connectivity index (χ0v) is 15.2. The molecule has 0 aliphatic carbocycles. The molecule has 0 aromatic heterocycles. The molecule has 1 heterocycles. The van der Waals surface area contributed by atoms with Gasteiger partial charge in [0.05, 0.1) is 13.1 Å². The van der Waals surface area contributed by atoms with Crippen LogP contribution in [-0.2, 0) is 0 Å². The quantitative estimate of drug-likeness (QED) is 0.637. The molecule has 26 heavy (non-hydrogen) atoms. The van der Waals surface area contributed by atoms with Crippen molar-refractivity contribution >= 4 is 5.96 Å². The van der Waals surface area contributed by atoms with Crippen LogP contribution < -0.4 is 19.5 Å². The van der Waals surface area contributed by atoms with Crippen LogP contribution in [0.3, 0.4) is 0 Å². The first kappa shape index (κ1) is 17.9. The Morgan fingerprint density at radius 2 is 1.88 bits per heavy atom. The molecular formula is C20H25N3O3. The predicted octanol–water partition coefficient (Wildman–Crippen LogP) is 2.41. The van der Waals surface area contributed by atoms with Crippen molar-refractivity contribution in [3.05, 3.63) is 54.6 Å². The number of hydrogen-bond acceptors (Lipinski definition) is 4. The van der Waals surface area contributed by atoms with Gasteiger partial charge in [-0.3, -0.25) is 4.99 Å². The van der Waals surface area contributed by atoms with Crippen molar-refractivity contribution in [2.75, 3.05) is 40.4 Å². The topological polar surface area (TPSA) is 55.3 Å². The molecule has 3 rings (SSSR count). The van der Waals surface area contributed by atoms with Gasteiger partial charge in [0.15, 0.2) is 17.5 Å². The molecule has 0 fully saturated rings. The largest absolute Gasteiger partial charge is 0.492 e. The highest BCUT2D eigenvalue weighted by Gasteiger charge is 2.21. The minimum atomic E-state index is -0.0596. The highest BCUT2D eigenvalue weighted by atomic mass is 16.6. The summed E-state index contributed by atoms with van der Waals surface area (Å²) in [4.78, 5) is 6.35. The number of guanidine groups is 1. The van der Waals surface area contributed by atoms with E-state index in [9.17, 15) is 0 Å². The fraction of sp³-hybridized carbons (Fsp3) is 0.350. The Hall–Kier alpha value is -2.89. The van der Waals surface area contributed by atoms with E-state index in [1.807, 2.05) is 66.5 Å². The molecule has 0 saturated carbocycles. The van der Waals surface area contributed by atoms with Gasteiger partial charge in [0.2, 0.25) is 0 Å². The third kappa shape index (κ3) is 4.81. The smallest absolute Gasteiger partial charge is 0.193 e. The van der Waals surface area contributed by atoms with Gasteiger partial charge in [0.25, 0.3) is 0 Å². The molecule has 1 atom stereocenters. The number of aliphatic imine (C=N–C) groups is 1. The molecule has 0 bridgehead atoms. The number of fused-ring (bicyclic) bond motifs is 1. The second-order valence-corrected chi connectivity index (χ2v) is 6.01. The Labute approximate surface area is 154 Å². The minimum Gasteiger partial charge on any atom is -0.492 e. The lowest BCUT2D eigenvalue weighted by atomic mass is 10.2. The van der Waals surface area contributed by atoms with E-state index >= 15 is 0 Å². The molecule has 0 spiro atoms. The lowest BCUT2D eigenvalue weighted by molar-refractivity contribution is 0.0931. The molecule has 1 N–H and O–H groups in total. The molecule has 0 saturated heterocycles. The molecule has 138 valence electrons. The Morgan fingerprint density at radius 1 is 1.15 bits per heavy atom. The Balaban J connectivity index is 1.43.